The van der Waals surface area contributed by atoms with Gasteiger partial charge in [0.2, 0.25) is 5.13 Å². The van der Waals surface area contributed by atoms with E-state index in [0.29, 0.717) is 6.04 Å². The predicted molar refractivity (Wildman–Crippen MR) is 58.8 cm³/mol. The van der Waals surface area contributed by atoms with E-state index in [2.05, 4.69) is 28.9 Å². The van der Waals surface area contributed by atoms with E-state index in [9.17, 15) is 0 Å². The highest BCUT2D eigenvalue weighted by Crippen LogP contribution is 2.21. The first kappa shape index (κ1) is 11.4. The SMILES string of the molecule is Cc1nnc(N(CCCO)C(C)C)s1. The van der Waals surface area contributed by atoms with Crippen LogP contribution in [0.2, 0.25) is 0 Å². The van der Waals surface area contributed by atoms with Crippen molar-refractivity contribution in [3.63, 3.8) is 0 Å². The Balaban J connectivity index is 2.67. The summed E-state index contributed by atoms with van der Waals surface area (Å²) in [6, 6.07) is 0.397. The normalized spacial score (nSPS) is 10.9. The number of nitrogens with zero attached hydrogens (tertiary/aromatic N) is 3. The molecule has 1 rings (SSSR count). The minimum absolute atomic E-state index is 0.223. The minimum Gasteiger partial charge on any atom is -0.396 e. The molecular formula is C9H17N3OS. The number of aryl methyl sites for hydroxylation is 1. The fourth-order valence-corrected chi connectivity index (χ4v) is 2.06. The zero-order chi connectivity index (χ0) is 10.6. The van der Waals surface area contributed by atoms with Gasteiger partial charge in [-0.15, -0.1) is 10.2 Å². The van der Waals surface area contributed by atoms with Crippen LogP contribution in [0, 0.1) is 6.92 Å². The molecule has 0 aromatic carbocycles. The van der Waals surface area contributed by atoms with Crippen LogP contribution < -0.4 is 4.90 Å². The zero-order valence-corrected chi connectivity index (χ0v) is 9.71. The number of hydrogen-bond acceptors (Lipinski definition) is 5. The van der Waals surface area contributed by atoms with Gasteiger partial charge < -0.3 is 10.0 Å². The third-order valence-electron chi connectivity index (χ3n) is 1.94. The van der Waals surface area contributed by atoms with Gasteiger partial charge in [0, 0.05) is 19.2 Å². The molecule has 0 saturated carbocycles. The first-order chi connectivity index (χ1) is 6.65. The molecule has 4 nitrogen and oxygen atoms in total. The van der Waals surface area contributed by atoms with E-state index in [1.54, 1.807) is 11.3 Å². The molecule has 14 heavy (non-hydrogen) atoms. The summed E-state index contributed by atoms with van der Waals surface area (Å²) < 4.78 is 0. The lowest BCUT2D eigenvalue weighted by Crippen LogP contribution is -2.32. The van der Waals surface area contributed by atoms with E-state index in [4.69, 9.17) is 5.11 Å². The van der Waals surface area contributed by atoms with Crippen LogP contribution in [0.25, 0.3) is 0 Å². The molecule has 0 spiro atoms. The van der Waals surface area contributed by atoms with Gasteiger partial charge in [0.15, 0.2) is 0 Å². The Morgan fingerprint density at radius 1 is 1.43 bits per heavy atom. The van der Waals surface area contributed by atoms with Gasteiger partial charge in [-0.3, -0.25) is 0 Å². The molecule has 0 atom stereocenters. The molecule has 1 heterocycles. The molecular weight excluding hydrogens is 198 g/mol. The van der Waals surface area contributed by atoms with Crippen LogP contribution in [0.1, 0.15) is 25.3 Å². The summed E-state index contributed by atoms with van der Waals surface area (Å²) in [6.07, 6.45) is 0.775. The molecule has 5 heteroatoms. The van der Waals surface area contributed by atoms with Crippen molar-refractivity contribution in [2.75, 3.05) is 18.1 Å². The Kier molecular flexibility index (Phi) is 4.28. The predicted octanol–water partition coefficient (Wildman–Crippen LogP) is 1.44. The van der Waals surface area contributed by atoms with Gasteiger partial charge in [0.1, 0.15) is 5.01 Å². The summed E-state index contributed by atoms with van der Waals surface area (Å²) >= 11 is 1.60. The molecule has 1 N–H and O–H groups in total. The molecule has 0 bridgehead atoms. The molecule has 0 fully saturated rings. The maximum Gasteiger partial charge on any atom is 0.208 e. The van der Waals surface area contributed by atoms with Crippen LogP contribution in [0.4, 0.5) is 5.13 Å². The summed E-state index contributed by atoms with van der Waals surface area (Å²) in [7, 11) is 0. The van der Waals surface area contributed by atoms with Crippen molar-refractivity contribution in [3.05, 3.63) is 5.01 Å². The van der Waals surface area contributed by atoms with Crippen LogP contribution in [-0.4, -0.2) is 34.5 Å². The summed E-state index contributed by atoms with van der Waals surface area (Å²) in [5, 5.41) is 18.8. The Morgan fingerprint density at radius 2 is 2.14 bits per heavy atom. The standard InChI is InChI=1S/C9H17N3OS/c1-7(2)12(5-4-6-13)9-11-10-8(3)14-9/h7,13H,4-6H2,1-3H3. The fraction of sp³-hybridized carbons (Fsp3) is 0.778. The van der Waals surface area contributed by atoms with Crippen molar-refractivity contribution >= 4 is 16.5 Å². The first-order valence-corrected chi connectivity index (χ1v) is 5.64. The van der Waals surface area contributed by atoms with E-state index in [1.807, 2.05) is 6.92 Å². The second kappa shape index (κ2) is 5.26. The number of hydrogen-bond donors (Lipinski definition) is 1. The van der Waals surface area contributed by atoms with E-state index in [-0.39, 0.29) is 6.61 Å². The van der Waals surface area contributed by atoms with Gasteiger partial charge in [-0.2, -0.15) is 0 Å². The van der Waals surface area contributed by atoms with Crippen molar-refractivity contribution in [1.82, 2.24) is 10.2 Å². The molecule has 0 aliphatic heterocycles. The van der Waals surface area contributed by atoms with E-state index in [0.717, 1.165) is 23.1 Å². The molecule has 0 radical (unpaired) electrons. The largest absolute Gasteiger partial charge is 0.396 e. The van der Waals surface area contributed by atoms with E-state index < -0.39 is 0 Å². The number of rotatable bonds is 5. The molecule has 0 aliphatic rings. The summed E-state index contributed by atoms with van der Waals surface area (Å²) in [4.78, 5) is 2.17. The smallest absolute Gasteiger partial charge is 0.208 e. The maximum atomic E-state index is 8.79. The lowest BCUT2D eigenvalue weighted by molar-refractivity contribution is 0.288. The lowest BCUT2D eigenvalue weighted by Gasteiger charge is -2.25. The molecule has 1 aromatic heterocycles. The van der Waals surface area contributed by atoms with Gasteiger partial charge >= 0.3 is 0 Å². The lowest BCUT2D eigenvalue weighted by atomic mass is 10.3. The van der Waals surface area contributed by atoms with Gasteiger partial charge in [-0.1, -0.05) is 11.3 Å². The average Bonchev–Trinajstić information content (AvgIpc) is 2.52. The van der Waals surface area contributed by atoms with Crippen molar-refractivity contribution in [1.29, 1.82) is 0 Å². The summed E-state index contributed by atoms with van der Waals surface area (Å²) in [6.45, 7) is 7.25. The van der Waals surface area contributed by atoms with Crippen LogP contribution in [-0.2, 0) is 0 Å². The number of aliphatic hydroxyl groups excluding tert-OH is 1. The van der Waals surface area contributed by atoms with Crippen molar-refractivity contribution in [2.24, 2.45) is 0 Å². The number of aromatic nitrogens is 2. The van der Waals surface area contributed by atoms with Crippen LogP contribution >= 0.6 is 11.3 Å². The Labute approximate surface area is 88.6 Å². The fourth-order valence-electron chi connectivity index (χ4n) is 1.22. The van der Waals surface area contributed by atoms with Gasteiger partial charge in [-0.25, -0.2) is 0 Å². The summed E-state index contributed by atoms with van der Waals surface area (Å²) in [5.74, 6) is 0. The third kappa shape index (κ3) is 2.92. The second-order valence-corrected chi connectivity index (χ2v) is 4.63. The van der Waals surface area contributed by atoms with Crippen LogP contribution in [0.5, 0.6) is 0 Å². The Bertz CT molecular complexity index is 275. The maximum absolute atomic E-state index is 8.79. The van der Waals surface area contributed by atoms with Crippen LogP contribution in [0.3, 0.4) is 0 Å². The zero-order valence-electron chi connectivity index (χ0n) is 8.90. The molecule has 0 unspecified atom stereocenters. The molecule has 0 aliphatic carbocycles. The van der Waals surface area contributed by atoms with Gasteiger partial charge in [-0.05, 0) is 27.2 Å². The van der Waals surface area contributed by atoms with Crippen LogP contribution in [0.15, 0.2) is 0 Å². The van der Waals surface area contributed by atoms with Crippen molar-refractivity contribution in [3.8, 4) is 0 Å². The Hall–Kier alpha value is -0.680. The van der Waals surface area contributed by atoms with Crippen molar-refractivity contribution < 1.29 is 5.11 Å². The van der Waals surface area contributed by atoms with Gasteiger partial charge in [0.05, 0.1) is 0 Å². The van der Waals surface area contributed by atoms with E-state index >= 15 is 0 Å². The number of aliphatic hydroxyl groups is 1. The highest BCUT2D eigenvalue weighted by molar-refractivity contribution is 7.15. The highest BCUT2D eigenvalue weighted by atomic mass is 32.1. The first-order valence-electron chi connectivity index (χ1n) is 4.82. The number of anilines is 1. The molecule has 0 amide bonds. The highest BCUT2D eigenvalue weighted by Gasteiger charge is 2.13. The van der Waals surface area contributed by atoms with Gasteiger partial charge in [0.25, 0.3) is 0 Å². The monoisotopic (exact) mass is 215 g/mol. The molecule has 0 saturated heterocycles. The Morgan fingerprint density at radius 3 is 2.57 bits per heavy atom. The quantitative estimate of drug-likeness (QED) is 0.807. The second-order valence-electron chi connectivity index (χ2n) is 3.47. The van der Waals surface area contributed by atoms with Crippen molar-refractivity contribution in [2.45, 2.75) is 33.2 Å². The minimum atomic E-state index is 0.223. The summed E-state index contributed by atoms with van der Waals surface area (Å²) in [5.41, 5.74) is 0. The topological polar surface area (TPSA) is 49.2 Å². The van der Waals surface area contributed by atoms with E-state index in [1.165, 1.54) is 0 Å². The molecule has 1 aromatic rings. The average molecular weight is 215 g/mol. The third-order valence-corrected chi connectivity index (χ3v) is 2.82. The molecule has 80 valence electrons.